The molecule has 0 aromatic carbocycles. The lowest BCUT2D eigenvalue weighted by Crippen LogP contribution is -2.37. The number of rotatable bonds is 7. The molecule has 7 heteroatoms. The molecule has 7 nitrogen and oxygen atoms in total. The molecule has 0 aliphatic heterocycles. The molecule has 4 rings (SSSR count). The maximum absolute atomic E-state index is 12.6. The van der Waals surface area contributed by atoms with Crippen molar-refractivity contribution < 1.29 is 15.0 Å². The SMILES string of the molecule is C=C1/C(=C\C=C2CCC[C@]3(C)[C@@H]([C@H](C)Cn4cc(C(=O)N(CC)CC)nn4)CC[C@@H]23)C[C@H](O)C[C@H]1O. The van der Waals surface area contributed by atoms with Crippen molar-refractivity contribution in [1.82, 2.24) is 19.9 Å². The lowest BCUT2D eigenvalue weighted by atomic mass is 9.61. The Morgan fingerprint density at radius 2 is 2.06 bits per heavy atom. The average molecular weight is 497 g/mol. The highest BCUT2D eigenvalue weighted by Gasteiger charge is 2.50. The molecule has 1 aromatic heterocycles. The standard InChI is InChI=1S/C29H44N4O3/c1-6-32(7-2)28(36)26-18-33(31-30-26)17-19(3)24-12-13-25-21(9-8-14-29(24,25)5)10-11-22-15-23(34)16-27(35)20(22)4/h10-11,18-19,23-25,27,34-35H,4,6-9,12-17H2,1-3,5H3/b21-10?,22-11-/t19-,23+,24-,25+,27-,29-/m1/s1. The van der Waals surface area contributed by atoms with Crippen LogP contribution in [0.15, 0.2) is 41.6 Å². The van der Waals surface area contributed by atoms with E-state index in [1.54, 1.807) is 4.90 Å². The molecule has 3 aliphatic rings. The largest absolute Gasteiger partial charge is 0.393 e. The molecule has 1 heterocycles. The van der Waals surface area contributed by atoms with Gasteiger partial charge in [0.15, 0.2) is 5.69 Å². The third-order valence-electron chi connectivity index (χ3n) is 9.27. The van der Waals surface area contributed by atoms with E-state index in [0.29, 0.717) is 49.4 Å². The fourth-order valence-electron chi connectivity index (χ4n) is 7.26. The topological polar surface area (TPSA) is 91.5 Å². The molecule has 0 unspecified atom stereocenters. The molecule has 3 aliphatic carbocycles. The molecule has 1 aromatic rings. The number of hydrogen-bond donors (Lipinski definition) is 2. The summed E-state index contributed by atoms with van der Waals surface area (Å²) in [6, 6.07) is 0. The highest BCUT2D eigenvalue weighted by atomic mass is 16.3. The summed E-state index contributed by atoms with van der Waals surface area (Å²) >= 11 is 0. The van der Waals surface area contributed by atoms with Crippen LogP contribution in [0, 0.1) is 23.2 Å². The lowest BCUT2D eigenvalue weighted by molar-refractivity contribution is 0.0766. The quantitative estimate of drug-likeness (QED) is 0.578. The van der Waals surface area contributed by atoms with Gasteiger partial charge < -0.3 is 15.1 Å². The van der Waals surface area contributed by atoms with Crippen LogP contribution in [0.1, 0.15) is 83.1 Å². The van der Waals surface area contributed by atoms with Gasteiger partial charge in [0.05, 0.1) is 18.4 Å². The minimum atomic E-state index is -0.647. The number of nitrogens with zero attached hydrogens (tertiary/aromatic N) is 4. The first kappa shape index (κ1) is 26.8. The highest BCUT2D eigenvalue weighted by molar-refractivity contribution is 5.91. The second-order valence-corrected chi connectivity index (χ2v) is 11.4. The van der Waals surface area contributed by atoms with Crippen LogP contribution in [0.5, 0.6) is 0 Å². The van der Waals surface area contributed by atoms with E-state index >= 15 is 0 Å². The Bertz CT molecular complexity index is 1020. The van der Waals surface area contributed by atoms with Gasteiger partial charge in [-0.15, -0.1) is 5.10 Å². The van der Waals surface area contributed by atoms with E-state index in [9.17, 15) is 15.0 Å². The second kappa shape index (κ2) is 11.0. The van der Waals surface area contributed by atoms with Crippen molar-refractivity contribution in [2.45, 2.75) is 91.4 Å². The van der Waals surface area contributed by atoms with Crippen LogP contribution < -0.4 is 0 Å². The average Bonchev–Trinajstić information content (AvgIpc) is 3.45. The molecule has 36 heavy (non-hydrogen) atoms. The van der Waals surface area contributed by atoms with Gasteiger partial charge in [-0.1, -0.05) is 43.4 Å². The molecular weight excluding hydrogens is 452 g/mol. The maximum atomic E-state index is 12.6. The van der Waals surface area contributed by atoms with E-state index in [2.05, 4.69) is 42.9 Å². The molecule has 0 spiro atoms. The number of amides is 1. The molecule has 3 saturated carbocycles. The van der Waals surface area contributed by atoms with Gasteiger partial charge in [-0.05, 0) is 86.7 Å². The smallest absolute Gasteiger partial charge is 0.276 e. The van der Waals surface area contributed by atoms with Crippen molar-refractivity contribution in [2.75, 3.05) is 13.1 Å². The van der Waals surface area contributed by atoms with Crippen molar-refractivity contribution in [2.24, 2.45) is 23.2 Å². The Hall–Kier alpha value is -2.25. The Morgan fingerprint density at radius 3 is 2.78 bits per heavy atom. The van der Waals surface area contributed by atoms with E-state index < -0.39 is 12.2 Å². The molecule has 198 valence electrons. The first-order valence-corrected chi connectivity index (χ1v) is 13.8. The zero-order chi connectivity index (χ0) is 26.0. The fraction of sp³-hybridized carbons (Fsp3) is 0.690. The molecule has 6 atom stereocenters. The minimum absolute atomic E-state index is 0.0522. The van der Waals surface area contributed by atoms with E-state index in [-0.39, 0.29) is 11.3 Å². The van der Waals surface area contributed by atoms with Gasteiger partial charge in [0.1, 0.15) is 0 Å². The second-order valence-electron chi connectivity index (χ2n) is 11.4. The summed E-state index contributed by atoms with van der Waals surface area (Å²) in [5, 5.41) is 28.8. The van der Waals surface area contributed by atoms with Gasteiger partial charge in [-0.25, -0.2) is 0 Å². The van der Waals surface area contributed by atoms with Gasteiger partial charge in [-0.3, -0.25) is 9.48 Å². The van der Waals surface area contributed by atoms with Gasteiger partial charge in [0, 0.05) is 26.1 Å². The summed E-state index contributed by atoms with van der Waals surface area (Å²) < 4.78 is 1.85. The molecule has 2 N–H and O–H groups in total. The van der Waals surface area contributed by atoms with E-state index in [4.69, 9.17) is 0 Å². The molecule has 1 amide bonds. The number of hydrogen-bond acceptors (Lipinski definition) is 5. The number of aliphatic hydroxyl groups is 2. The zero-order valence-electron chi connectivity index (χ0n) is 22.5. The van der Waals surface area contributed by atoms with Crippen LogP contribution in [-0.4, -0.2) is 61.3 Å². The van der Waals surface area contributed by atoms with Crippen LogP contribution >= 0.6 is 0 Å². The highest BCUT2D eigenvalue weighted by Crippen LogP contribution is 2.59. The van der Waals surface area contributed by atoms with Gasteiger partial charge >= 0.3 is 0 Å². The summed E-state index contributed by atoms with van der Waals surface area (Å²) in [5.74, 6) is 1.51. The summed E-state index contributed by atoms with van der Waals surface area (Å²) in [7, 11) is 0. The van der Waals surface area contributed by atoms with Gasteiger partial charge in [-0.2, -0.15) is 0 Å². The number of carbonyl (C=O) groups excluding carboxylic acids is 1. The van der Waals surface area contributed by atoms with Crippen molar-refractivity contribution >= 4 is 5.91 Å². The van der Waals surface area contributed by atoms with Crippen LogP contribution in [-0.2, 0) is 6.54 Å². The Labute approximate surface area is 216 Å². The number of carbonyl (C=O) groups is 1. The van der Waals surface area contributed by atoms with Crippen LogP contribution in [0.25, 0.3) is 0 Å². The van der Waals surface area contributed by atoms with Crippen LogP contribution in [0.4, 0.5) is 0 Å². The fourth-order valence-corrected chi connectivity index (χ4v) is 7.26. The number of aromatic nitrogens is 3. The van der Waals surface area contributed by atoms with E-state index in [0.717, 1.165) is 24.1 Å². The zero-order valence-corrected chi connectivity index (χ0v) is 22.5. The molecular formula is C29H44N4O3. The van der Waals surface area contributed by atoms with Gasteiger partial charge in [0.25, 0.3) is 5.91 Å². The molecule has 0 bridgehead atoms. The predicted octanol–water partition coefficient (Wildman–Crippen LogP) is 4.54. The third-order valence-corrected chi connectivity index (χ3v) is 9.27. The lowest BCUT2D eigenvalue weighted by Gasteiger charge is -2.44. The Balaban J connectivity index is 1.46. The molecule has 0 saturated heterocycles. The summed E-state index contributed by atoms with van der Waals surface area (Å²) in [5.41, 5.74) is 3.90. The summed E-state index contributed by atoms with van der Waals surface area (Å²) in [6.45, 7) is 14.9. The number of fused-ring (bicyclic) bond motifs is 1. The van der Waals surface area contributed by atoms with Crippen LogP contribution in [0.3, 0.4) is 0 Å². The number of allylic oxidation sites excluding steroid dienone is 3. The summed E-state index contributed by atoms with van der Waals surface area (Å²) in [6.07, 6.45) is 11.9. The Morgan fingerprint density at radius 1 is 1.31 bits per heavy atom. The Kier molecular flexibility index (Phi) is 8.20. The monoisotopic (exact) mass is 496 g/mol. The molecule has 0 radical (unpaired) electrons. The van der Waals surface area contributed by atoms with Crippen molar-refractivity contribution in [3.05, 3.63) is 47.3 Å². The minimum Gasteiger partial charge on any atom is -0.393 e. The first-order chi connectivity index (χ1) is 17.2. The third kappa shape index (κ3) is 5.23. The van der Waals surface area contributed by atoms with Crippen molar-refractivity contribution in [3.63, 3.8) is 0 Å². The van der Waals surface area contributed by atoms with E-state index in [1.165, 1.54) is 31.3 Å². The van der Waals surface area contributed by atoms with Gasteiger partial charge in [0.2, 0.25) is 0 Å². The predicted molar refractivity (Wildman–Crippen MR) is 141 cm³/mol. The normalized spacial score (nSPS) is 33.7. The van der Waals surface area contributed by atoms with Crippen molar-refractivity contribution in [1.29, 1.82) is 0 Å². The molecule has 3 fully saturated rings. The summed E-state index contributed by atoms with van der Waals surface area (Å²) in [4.78, 5) is 14.4. The van der Waals surface area contributed by atoms with Crippen molar-refractivity contribution in [3.8, 4) is 0 Å². The maximum Gasteiger partial charge on any atom is 0.276 e. The van der Waals surface area contributed by atoms with Crippen LogP contribution in [0.2, 0.25) is 0 Å². The van der Waals surface area contributed by atoms with E-state index in [1.807, 2.05) is 24.7 Å². The number of aliphatic hydroxyl groups excluding tert-OH is 2. The first-order valence-electron chi connectivity index (χ1n) is 13.8.